The Kier molecular flexibility index (Phi) is 3.41. The molecule has 0 aliphatic carbocycles. The number of rotatable bonds is 4. The number of hydrogen-bond acceptors (Lipinski definition) is 3. The zero-order valence-electron chi connectivity index (χ0n) is 9.11. The van der Waals surface area contributed by atoms with Crippen LogP contribution in [0.5, 0.6) is 5.75 Å². The van der Waals surface area contributed by atoms with E-state index in [1.165, 1.54) is 5.56 Å². The van der Waals surface area contributed by atoms with Crippen molar-refractivity contribution in [3.05, 3.63) is 29.8 Å². The molecular formula is C12H16N2O2. The van der Waals surface area contributed by atoms with E-state index in [0.29, 0.717) is 5.92 Å². The zero-order valence-corrected chi connectivity index (χ0v) is 9.11. The largest absolute Gasteiger partial charge is 0.493 e. The number of ether oxygens (including phenoxy) is 1. The number of carbonyl (C=O) groups excluding carboxylic acids is 1. The number of nitrogens with two attached hydrogens (primary N) is 1. The molecular weight excluding hydrogens is 204 g/mol. The lowest BCUT2D eigenvalue weighted by atomic mass is 9.93. The number of carbonyl (C=O) groups is 1. The van der Waals surface area contributed by atoms with Crippen molar-refractivity contribution in [1.29, 1.82) is 0 Å². The van der Waals surface area contributed by atoms with Gasteiger partial charge in [-0.25, -0.2) is 0 Å². The maximum atomic E-state index is 10.6. The van der Waals surface area contributed by atoms with Gasteiger partial charge in [0.25, 0.3) is 0 Å². The van der Waals surface area contributed by atoms with Crippen molar-refractivity contribution in [2.75, 3.05) is 19.7 Å². The molecule has 0 spiro atoms. The fourth-order valence-corrected chi connectivity index (χ4v) is 2.00. The smallest absolute Gasteiger partial charge is 0.231 e. The Morgan fingerprint density at radius 1 is 1.50 bits per heavy atom. The Labute approximate surface area is 94.8 Å². The van der Waals surface area contributed by atoms with Crippen molar-refractivity contribution in [3.63, 3.8) is 0 Å². The first-order valence-electron chi connectivity index (χ1n) is 5.48. The van der Waals surface area contributed by atoms with Gasteiger partial charge in [0, 0.05) is 12.5 Å². The van der Waals surface area contributed by atoms with Crippen LogP contribution in [-0.2, 0) is 4.79 Å². The van der Waals surface area contributed by atoms with Gasteiger partial charge in [-0.2, -0.15) is 0 Å². The summed E-state index contributed by atoms with van der Waals surface area (Å²) >= 11 is 0. The lowest BCUT2D eigenvalue weighted by Gasteiger charge is -2.25. The average Bonchev–Trinajstić information content (AvgIpc) is 2.29. The summed E-state index contributed by atoms with van der Waals surface area (Å²) in [5.74, 6) is 1.05. The van der Waals surface area contributed by atoms with E-state index in [2.05, 4.69) is 11.4 Å². The highest BCUT2D eigenvalue weighted by Gasteiger charge is 2.20. The molecule has 3 N–H and O–H groups in total. The Morgan fingerprint density at radius 2 is 2.31 bits per heavy atom. The SMILES string of the molecule is NC(=O)CNCC1CCOc2ccccc21. The highest BCUT2D eigenvalue weighted by molar-refractivity contribution is 5.75. The molecule has 1 aliphatic rings. The number of nitrogens with one attached hydrogen (secondary N) is 1. The molecule has 86 valence electrons. The van der Waals surface area contributed by atoms with Gasteiger partial charge in [-0.05, 0) is 18.1 Å². The molecule has 0 bridgehead atoms. The average molecular weight is 220 g/mol. The summed E-state index contributed by atoms with van der Waals surface area (Å²) < 4.78 is 5.56. The second kappa shape index (κ2) is 4.99. The fourth-order valence-electron chi connectivity index (χ4n) is 2.00. The molecule has 1 heterocycles. The summed E-state index contributed by atoms with van der Waals surface area (Å²) in [6.07, 6.45) is 0.975. The number of fused-ring (bicyclic) bond motifs is 1. The van der Waals surface area contributed by atoms with Gasteiger partial charge >= 0.3 is 0 Å². The van der Waals surface area contributed by atoms with Crippen LogP contribution < -0.4 is 15.8 Å². The Bertz CT molecular complexity index is 379. The van der Waals surface area contributed by atoms with E-state index in [-0.39, 0.29) is 12.5 Å². The molecule has 0 fully saturated rings. The monoisotopic (exact) mass is 220 g/mol. The molecule has 2 rings (SSSR count). The molecule has 0 saturated carbocycles. The molecule has 4 heteroatoms. The predicted octanol–water partition coefficient (Wildman–Crippen LogP) is 0.628. The van der Waals surface area contributed by atoms with Gasteiger partial charge < -0.3 is 15.8 Å². The second-order valence-corrected chi connectivity index (χ2v) is 3.97. The summed E-state index contributed by atoms with van der Waals surface area (Å²) in [4.78, 5) is 10.6. The van der Waals surface area contributed by atoms with Crippen LogP contribution in [0.3, 0.4) is 0 Å². The molecule has 1 aliphatic heterocycles. The van der Waals surface area contributed by atoms with Crippen molar-refractivity contribution < 1.29 is 9.53 Å². The third-order valence-electron chi connectivity index (χ3n) is 2.77. The Morgan fingerprint density at radius 3 is 3.12 bits per heavy atom. The number of hydrogen-bond donors (Lipinski definition) is 2. The van der Waals surface area contributed by atoms with Crippen molar-refractivity contribution in [3.8, 4) is 5.75 Å². The fraction of sp³-hybridized carbons (Fsp3) is 0.417. The summed E-state index contributed by atoms with van der Waals surface area (Å²) in [7, 11) is 0. The highest BCUT2D eigenvalue weighted by Crippen LogP contribution is 2.32. The van der Waals surface area contributed by atoms with Crippen molar-refractivity contribution in [1.82, 2.24) is 5.32 Å². The maximum absolute atomic E-state index is 10.6. The molecule has 1 amide bonds. The van der Waals surface area contributed by atoms with Crippen LogP contribution in [0.25, 0.3) is 0 Å². The van der Waals surface area contributed by atoms with Crippen molar-refractivity contribution >= 4 is 5.91 Å². The first-order valence-corrected chi connectivity index (χ1v) is 5.48. The minimum Gasteiger partial charge on any atom is -0.493 e. The molecule has 0 radical (unpaired) electrons. The number of amides is 1. The van der Waals surface area contributed by atoms with E-state index in [1.807, 2.05) is 18.2 Å². The van der Waals surface area contributed by atoms with E-state index >= 15 is 0 Å². The molecule has 1 unspecified atom stereocenters. The van der Waals surface area contributed by atoms with Gasteiger partial charge in [-0.1, -0.05) is 18.2 Å². The third-order valence-corrected chi connectivity index (χ3v) is 2.77. The Hall–Kier alpha value is -1.55. The zero-order chi connectivity index (χ0) is 11.4. The summed E-state index contributed by atoms with van der Waals surface area (Å²) in [6, 6.07) is 8.04. The molecule has 16 heavy (non-hydrogen) atoms. The second-order valence-electron chi connectivity index (χ2n) is 3.97. The van der Waals surface area contributed by atoms with E-state index in [0.717, 1.165) is 25.3 Å². The maximum Gasteiger partial charge on any atom is 0.231 e. The van der Waals surface area contributed by atoms with Gasteiger partial charge in [0.05, 0.1) is 13.2 Å². The lowest BCUT2D eigenvalue weighted by molar-refractivity contribution is -0.117. The van der Waals surface area contributed by atoms with Gasteiger partial charge in [-0.15, -0.1) is 0 Å². The van der Waals surface area contributed by atoms with Gasteiger partial charge in [0.2, 0.25) is 5.91 Å². The van der Waals surface area contributed by atoms with E-state index in [9.17, 15) is 4.79 Å². The number of benzene rings is 1. The van der Waals surface area contributed by atoms with Crippen LogP contribution in [0.15, 0.2) is 24.3 Å². The quantitative estimate of drug-likeness (QED) is 0.782. The number of primary amides is 1. The Balaban J connectivity index is 1.99. The standard InChI is InChI=1S/C12H16N2O2/c13-12(15)8-14-7-9-5-6-16-11-4-2-1-3-10(9)11/h1-4,9,14H,5-8H2,(H2,13,15). The van der Waals surface area contributed by atoms with E-state index < -0.39 is 0 Å². The highest BCUT2D eigenvalue weighted by atomic mass is 16.5. The predicted molar refractivity (Wildman–Crippen MR) is 61.4 cm³/mol. The van der Waals surface area contributed by atoms with Crippen LogP contribution in [0, 0.1) is 0 Å². The molecule has 0 saturated heterocycles. The van der Waals surface area contributed by atoms with Gasteiger partial charge in [-0.3, -0.25) is 4.79 Å². The van der Waals surface area contributed by atoms with Crippen LogP contribution >= 0.6 is 0 Å². The minimum absolute atomic E-state index is 0.236. The van der Waals surface area contributed by atoms with Crippen LogP contribution in [0.1, 0.15) is 17.9 Å². The van der Waals surface area contributed by atoms with Crippen LogP contribution in [-0.4, -0.2) is 25.6 Å². The van der Waals surface area contributed by atoms with Crippen molar-refractivity contribution in [2.24, 2.45) is 5.73 Å². The molecule has 1 aromatic carbocycles. The van der Waals surface area contributed by atoms with Crippen LogP contribution in [0.2, 0.25) is 0 Å². The summed E-state index contributed by atoms with van der Waals surface area (Å²) in [5.41, 5.74) is 6.29. The topological polar surface area (TPSA) is 64.4 Å². The van der Waals surface area contributed by atoms with Crippen LogP contribution in [0.4, 0.5) is 0 Å². The summed E-state index contributed by atoms with van der Waals surface area (Å²) in [6.45, 7) is 1.74. The normalized spacial score (nSPS) is 18.6. The van der Waals surface area contributed by atoms with Gasteiger partial charge in [0.15, 0.2) is 0 Å². The molecule has 1 atom stereocenters. The molecule has 0 aromatic heterocycles. The minimum atomic E-state index is -0.319. The van der Waals surface area contributed by atoms with E-state index in [4.69, 9.17) is 10.5 Å². The first-order chi connectivity index (χ1) is 7.77. The number of para-hydroxylation sites is 1. The van der Waals surface area contributed by atoms with Crippen molar-refractivity contribution in [2.45, 2.75) is 12.3 Å². The summed E-state index contributed by atoms with van der Waals surface area (Å²) in [5, 5.41) is 3.07. The van der Waals surface area contributed by atoms with E-state index in [1.54, 1.807) is 0 Å². The molecule has 1 aromatic rings. The third kappa shape index (κ3) is 2.52. The first kappa shape index (κ1) is 11.0. The lowest BCUT2D eigenvalue weighted by Crippen LogP contribution is -2.33. The molecule has 4 nitrogen and oxygen atoms in total. The van der Waals surface area contributed by atoms with Gasteiger partial charge in [0.1, 0.15) is 5.75 Å².